The summed E-state index contributed by atoms with van der Waals surface area (Å²) in [5.74, 6) is 0.625. The largest absolute Gasteiger partial charge is 0.355 e. The summed E-state index contributed by atoms with van der Waals surface area (Å²) in [5.41, 5.74) is 1.09. The van der Waals surface area contributed by atoms with Crippen molar-refractivity contribution in [3.8, 4) is 0 Å². The Bertz CT molecular complexity index is 511. The third-order valence-electron chi connectivity index (χ3n) is 4.14. The molecule has 0 saturated carbocycles. The summed E-state index contributed by atoms with van der Waals surface area (Å²) in [7, 11) is 1.72. The number of guanidine groups is 1. The summed E-state index contributed by atoms with van der Waals surface area (Å²) in [6, 6.07) is 9.89. The van der Waals surface area contributed by atoms with E-state index < -0.39 is 0 Å². The number of likely N-dealkylation sites (tertiary alicyclic amines) is 1. The summed E-state index contributed by atoms with van der Waals surface area (Å²) >= 11 is 0. The summed E-state index contributed by atoms with van der Waals surface area (Å²) in [4.78, 5) is 18.5. The van der Waals surface area contributed by atoms with Crippen molar-refractivity contribution in [2.75, 3.05) is 39.8 Å². The van der Waals surface area contributed by atoms with E-state index in [1.807, 2.05) is 30.3 Å². The first kappa shape index (κ1) is 18.3. The third kappa shape index (κ3) is 7.00. The van der Waals surface area contributed by atoms with Gasteiger partial charge in [-0.1, -0.05) is 36.8 Å². The van der Waals surface area contributed by atoms with Crippen LogP contribution in [0.3, 0.4) is 0 Å². The Morgan fingerprint density at radius 3 is 2.54 bits per heavy atom. The zero-order valence-electron chi connectivity index (χ0n) is 14.6. The highest BCUT2D eigenvalue weighted by Crippen LogP contribution is 2.07. The highest BCUT2D eigenvalue weighted by Gasteiger charge is 2.09. The van der Waals surface area contributed by atoms with Crippen LogP contribution in [0.1, 0.15) is 24.8 Å². The highest BCUT2D eigenvalue weighted by molar-refractivity contribution is 5.86. The van der Waals surface area contributed by atoms with E-state index in [0.29, 0.717) is 12.5 Å². The lowest BCUT2D eigenvalue weighted by atomic mass is 10.1. The fourth-order valence-corrected chi connectivity index (χ4v) is 2.76. The van der Waals surface area contributed by atoms with Crippen LogP contribution in [0, 0.1) is 0 Å². The smallest absolute Gasteiger partial charge is 0.239 e. The predicted molar refractivity (Wildman–Crippen MR) is 97.9 cm³/mol. The van der Waals surface area contributed by atoms with Crippen LogP contribution in [-0.2, 0) is 11.3 Å². The second-order valence-electron chi connectivity index (χ2n) is 6.02. The minimum atomic E-state index is -0.0437. The first-order valence-electron chi connectivity index (χ1n) is 8.75. The molecule has 1 aromatic carbocycles. The summed E-state index contributed by atoms with van der Waals surface area (Å²) in [5, 5.41) is 9.21. The Balaban J connectivity index is 1.59. The number of rotatable bonds is 7. The van der Waals surface area contributed by atoms with Crippen LogP contribution in [0.15, 0.2) is 35.3 Å². The molecule has 1 aromatic rings. The first-order valence-corrected chi connectivity index (χ1v) is 8.75. The molecule has 1 aliphatic rings. The minimum absolute atomic E-state index is 0.0437. The monoisotopic (exact) mass is 331 g/mol. The number of benzene rings is 1. The number of piperidine rings is 1. The van der Waals surface area contributed by atoms with Gasteiger partial charge in [-0.15, -0.1) is 0 Å². The Kier molecular flexibility index (Phi) is 8.10. The van der Waals surface area contributed by atoms with E-state index in [9.17, 15) is 4.79 Å². The molecule has 1 aliphatic heterocycles. The molecule has 1 saturated heterocycles. The molecule has 2 rings (SSSR count). The molecule has 1 fully saturated rings. The summed E-state index contributed by atoms with van der Waals surface area (Å²) < 4.78 is 0. The zero-order chi connectivity index (χ0) is 17.0. The SMILES string of the molecule is CN=C(NCCN1CCCCC1)NCC(=O)NCc1ccccc1. The van der Waals surface area contributed by atoms with Crippen molar-refractivity contribution in [3.63, 3.8) is 0 Å². The van der Waals surface area contributed by atoms with Gasteiger partial charge in [0.25, 0.3) is 0 Å². The number of nitrogens with one attached hydrogen (secondary N) is 3. The lowest BCUT2D eigenvalue weighted by Gasteiger charge is -2.26. The van der Waals surface area contributed by atoms with E-state index in [1.165, 1.54) is 32.4 Å². The average molecular weight is 331 g/mol. The molecule has 1 amide bonds. The molecular formula is C18H29N5O. The lowest BCUT2D eigenvalue weighted by Crippen LogP contribution is -2.45. The fraction of sp³-hybridized carbons (Fsp3) is 0.556. The molecule has 0 aromatic heterocycles. The van der Waals surface area contributed by atoms with Crippen LogP contribution in [0.25, 0.3) is 0 Å². The van der Waals surface area contributed by atoms with Crippen molar-refractivity contribution >= 4 is 11.9 Å². The number of aliphatic imine (C=N–C) groups is 1. The molecule has 6 heteroatoms. The van der Waals surface area contributed by atoms with Gasteiger partial charge in [-0.3, -0.25) is 9.79 Å². The number of hydrogen-bond donors (Lipinski definition) is 3. The second kappa shape index (κ2) is 10.6. The molecule has 0 aliphatic carbocycles. The van der Waals surface area contributed by atoms with Gasteiger partial charge in [0, 0.05) is 26.7 Å². The van der Waals surface area contributed by atoms with Gasteiger partial charge >= 0.3 is 0 Å². The van der Waals surface area contributed by atoms with Crippen molar-refractivity contribution in [2.45, 2.75) is 25.8 Å². The molecule has 132 valence electrons. The van der Waals surface area contributed by atoms with Gasteiger partial charge in [0.1, 0.15) is 0 Å². The molecule has 1 heterocycles. The van der Waals surface area contributed by atoms with E-state index in [2.05, 4.69) is 25.8 Å². The van der Waals surface area contributed by atoms with Crippen LogP contribution in [0.4, 0.5) is 0 Å². The van der Waals surface area contributed by atoms with E-state index in [4.69, 9.17) is 0 Å². The zero-order valence-corrected chi connectivity index (χ0v) is 14.6. The van der Waals surface area contributed by atoms with Crippen molar-refractivity contribution in [1.82, 2.24) is 20.9 Å². The van der Waals surface area contributed by atoms with Crippen LogP contribution in [-0.4, -0.2) is 56.5 Å². The van der Waals surface area contributed by atoms with E-state index in [1.54, 1.807) is 7.05 Å². The normalized spacial score (nSPS) is 15.8. The van der Waals surface area contributed by atoms with Gasteiger partial charge in [-0.05, 0) is 31.5 Å². The average Bonchev–Trinajstić information content (AvgIpc) is 2.64. The maximum Gasteiger partial charge on any atom is 0.239 e. The minimum Gasteiger partial charge on any atom is -0.355 e. The maximum atomic E-state index is 11.9. The van der Waals surface area contributed by atoms with Crippen LogP contribution in [0.2, 0.25) is 0 Å². The Hall–Kier alpha value is -2.08. The highest BCUT2D eigenvalue weighted by atomic mass is 16.1. The molecule has 6 nitrogen and oxygen atoms in total. The number of carbonyl (C=O) groups is 1. The van der Waals surface area contributed by atoms with Gasteiger partial charge in [0.2, 0.25) is 5.91 Å². The molecule has 24 heavy (non-hydrogen) atoms. The quantitative estimate of drug-likeness (QED) is 0.514. The summed E-state index contributed by atoms with van der Waals surface area (Å²) in [6.07, 6.45) is 3.95. The third-order valence-corrected chi connectivity index (χ3v) is 4.14. The first-order chi connectivity index (χ1) is 11.8. The van der Waals surface area contributed by atoms with Gasteiger partial charge in [0.05, 0.1) is 6.54 Å². The van der Waals surface area contributed by atoms with Gasteiger partial charge in [0.15, 0.2) is 5.96 Å². The van der Waals surface area contributed by atoms with Crippen molar-refractivity contribution in [3.05, 3.63) is 35.9 Å². The molecule has 0 bridgehead atoms. The summed E-state index contributed by atoms with van der Waals surface area (Å²) in [6.45, 7) is 5.00. The van der Waals surface area contributed by atoms with Crippen molar-refractivity contribution in [2.24, 2.45) is 4.99 Å². The van der Waals surface area contributed by atoms with Gasteiger partial charge < -0.3 is 20.9 Å². The Morgan fingerprint density at radius 2 is 1.83 bits per heavy atom. The van der Waals surface area contributed by atoms with Crippen LogP contribution >= 0.6 is 0 Å². The molecule has 3 N–H and O–H groups in total. The predicted octanol–water partition coefficient (Wildman–Crippen LogP) is 0.954. The second-order valence-corrected chi connectivity index (χ2v) is 6.02. The van der Waals surface area contributed by atoms with Crippen molar-refractivity contribution in [1.29, 1.82) is 0 Å². The van der Waals surface area contributed by atoms with Crippen molar-refractivity contribution < 1.29 is 4.79 Å². The number of amides is 1. The standard InChI is InChI=1S/C18H29N5O/c1-19-18(20-10-13-23-11-6-3-7-12-23)22-15-17(24)21-14-16-8-4-2-5-9-16/h2,4-5,8-9H,3,6-7,10-15H2,1H3,(H,21,24)(H2,19,20,22). The van der Waals surface area contributed by atoms with Crippen LogP contribution in [0.5, 0.6) is 0 Å². The lowest BCUT2D eigenvalue weighted by molar-refractivity contribution is -0.120. The van der Waals surface area contributed by atoms with E-state index >= 15 is 0 Å². The van der Waals surface area contributed by atoms with E-state index in [0.717, 1.165) is 18.7 Å². The molecule has 0 unspecified atom stereocenters. The van der Waals surface area contributed by atoms with E-state index in [-0.39, 0.29) is 12.5 Å². The number of hydrogen-bond acceptors (Lipinski definition) is 3. The Morgan fingerprint density at radius 1 is 1.08 bits per heavy atom. The molecular weight excluding hydrogens is 302 g/mol. The van der Waals surface area contributed by atoms with Gasteiger partial charge in [-0.25, -0.2) is 0 Å². The fourth-order valence-electron chi connectivity index (χ4n) is 2.76. The molecule has 0 radical (unpaired) electrons. The number of nitrogens with zero attached hydrogens (tertiary/aromatic N) is 2. The number of carbonyl (C=O) groups excluding carboxylic acids is 1. The van der Waals surface area contributed by atoms with Crippen LogP contribution < -0.4 is 16.0 Å². The maximum absolute atomic E-state index is 11.9. The molecule has 0 spiro atoms. The topological polar surface area (TPSA) is 68.8 Å². The Labute approximate surface area is 144 Å². The molecule has 0 atom stereocenters. The van der Waals surface area contributed by atoms with Gasteiger partial charge in [-0.2, -0.15) is 0 Å².